The van der Waals surface area contributed by atoms with E-state index in [0.717, 1.165) is 27.5 Å². The second-order valence-electron chi connectivity index (χ2n) is 7.92. The largest absolute Gasteiger partial charge is 0.462 e. The van der Waals surface area contributed by atoms with Gasteiger partial charge in [-0.1, -0.05) is 53.7 Å². The molecule has 0 fully saturated rings. The summed E-state index contributed by atoms with van der Waals surface area (Å²) < 4.78 is 7.11. The number of nitrogens with one attached hydrogen (secondary N) is 1. The number of benzene rings is 2. The fraction of sp³-hybridized carbons (Fsp3) is 0.231. The van der Waals surface area contributed by atoms with Crippen LogP contribution in [0.25, 0.3) is 5.69 Å². The van der Waals surface area contributed by atoms with E-state index in [4.69, 9.17) is 16.3 Å². The van der Waals surface area contributed by atoms with Crippen molar-refractivity contribution >= 4 is 51.6 Å². The van der Waals surface area contributed by atoms with Crippen molar-refractivity contribution in [3.8, 4) is 5.69 Å². The monoisotopic (exact) mass is 540 g/mol. The molecule has 4 rings (SSSR count). The Labute approximate surface area is 222 Å². The van der Waals surface area contributed by atoms with Crippen molar-refractivity contribution in [2.75, 3.05) is 17.7 Å². The highest BCUT2D eigenvalue weighted by Crippen LogP contribution is 2.33. The van der Waals surface area contributed by atoms with Crippen LogP contribution in [0.1, 0.15) is 39.1 Å². The first kappa shape index (κ1) is 25.9. The molecule has 36 heavy (non-hydrogen) atoms. The average Bonchev–Trinajstić information content (AvgIpc) is 3.38. The Morgan fingerprint density at radius 2 is 1.81 bits per heavy atom. The molecule has 7 nitrogen and oxygen atoms in total. The molecule has 4 aromatic rings. The zero-order chi connectivity index (χ0) is 25.7. The molecular weight excluding hydrogens is 516 g/mol. The maximum Gasteiger partial charge on any atom is 0.341 e. The number of ether oxygens (including phenoxy) is 1. The van der Waals surface area contributed by atoms with Gasteiger partial charge >= 0.3 is 5.97 Å². The van der Waals surface area contributed by atoms with E-state index in [1.165, 1.54) is 23.1 Å². The molecule has 0 unspecified atom stereocenters. The maximum atomic E-state index is 12.9. The molecule has 0 aliphatic carbocycles. The molecular formula is C26H25ClN4O3S2. The van der Waals surface area contributed by atoms with Gasteiger partial charge in [-0.05, 0) is 56.2 Å². The third kappa shape index (κ3) is 5.98. The molecule has 10 heteroatoms. The van der Waals surface area contributed by atoms with Crippen molar-refractivity contribution in [2.24, 2.45) is 0 Å². The second-order valence-corrected chi connectivity index (χ2v) is 10.5. The number of aryl methyl sites for hydroxylation is 1. The highest BCUT2D eigenvalue weighted by molar-refractivity contribution is 7.99. The Hall–Kier alpha value is -3.14. The highest BCUT2D eigenvalue weighted by atomic mass is 35.5. The van der Waals surface area contributed by atoms with Crippen molar-refractivity contribution < 1.29 is 14.3 Å². The van der Waals surface area contributed by atoms with Gasteiger partial charge < -0.3 is 10.1 Å². The summed E-state index contributed by atoms with van der Waals surface area (Å²) in [6, 6.07) is 17.4. The summed E-state index contributed by atoms with van der Waals surface area (Å²) in [6.45, 7) is 5.79. The summed E-state index contributed by atoms with van der Waals surface area (Å²) in [5, 5.41) is 13.4. The number of halogens is 1. The van der Waals surface area contributed by atoms with Crippen LogP contribution in [0.3, 0.4) is 0 Å². The Morgan fingerprint density at radius 1 is 1.08 bits per heavy atom. The third-order valence-electron chi connectivity index (χ3n) is 5.44. The molecule has 1 N–H and O–H groups in total. The van der Waals surface area contributed by atoms with E-state index in [1.54, 1.807) is 6.92 Å². The predicted molar refractivity (Wildman–Crippen MR) is 145 cm³/mol. The Balaban J connectivity index is 1.54. The molecule has 186 valence electrons. The molecule has 2 aromatic carbocycles. The van der Waals surface area contributed by atoms with E-state index in [9.17, 15) is 9.59 Å². The topological polar surface area (TPSA) is 86.1 Å². The van der Waals surface area contributed by atoms with Crippen LogP contribution in [0.4, 0.5) is 5.00 Å². The van der Waals surface area contributed by atoms with Crippen LogP contribution in [-0.2, 0) is 16.0 Å². The van der Waals surface area contributed by atoms with Crippen molar-refractivity contribution in [1.82, 2.24) is 14.8 Å². The lowest BCUT2D eigenvalue weighted by atomic mass is 10.1. The van der Waals surface area contributed by atoms with Gasteiger partial charge in [-0.25, -0.2) is 4.79 Å². The number of thiophene rings is 1. The Kier molecular flexibility index (Phi) is 8.45. The minimum Gasteiger partial charge on any atom is -0.462 e. The normalized spacial score (nSPS) is 10.9. The van der Waals surface area contributed by atoms with Gasteiger partial charge in [-0.15, -0.1) is 21.5 Å². The van der Waals surface area contributed by atoms with Gasteiger partial charge in [0, 0.05) is 22.0 Å². The number of carbonyl (C=O) groups excluding carboxylic acids is 2. The van der Waals surface area contributed by atoms with E-state index in [1.807, 2.05) is 73.0 Å². The summed E-state index contributed by atoms with van der Waals surface area (Å²) in [5.74, 6) is 0.160. The lowest BCUT2D eigenvalue weighted by molar-refractivity contribution is -0.113. The van der Waals surface area contributed by atoms with Crippen molar-refractivity contribution in [1.29, 1.82) is 0 Å². The summed E-state index contributed by atoms with van der Waals surface area (Å²) in [6.07, 6.45) is 0.583. The van der Waals surface area contributed by atoms with Crippen molar-refractivity contribution in [2.45, 2.75) is 32.3 Å². The highest BCUT2D eigenvalue weighted by Gasteiger charge is 2.23. The first-order valence-corrected chi connectivity index (χ1v) is 13.5. The number of amides is 1. The molecule has 1 amide bonds. The van der Waals surface area contributed by atoms with Crippen LogP contribution in [0.5, 0.6) is 0 Å². The molecule has 0 bridgehead atoms. The van der Waals surface area contributed by atoms with Crippen LogP contribution in [0.15, 0.2) is 59.8 Å². The quantitative estimate of drug-likeness (QED) is 0.204. The van der Waals surface area contributed by atoms with E-state index >= 15 is 0 Å². The van der Waals surface area contributed by atoms with Crippen molar-refractivity contribution in [3.05, 3.63) is 87.0 Å². The van der Waals surface area contributed by atoms with Crippen LogP contribution in [0, 0.1) is 13.8 Å². The fourth-order valence-electron chi connectivity index (χ4n) is 3.59. The molecule has 0 atom stereocenters. The Bertz CT molecular complexity index is 1370. The minimum atomic E-state index is -0.435. The standard InChI is InChI=1S/C26H25ClN4O3S2/c1-4-34-25(33)23-16(2)17(3)36-24(23)28-22(32)15-35-26-30-29-21(14-18-8-6-5-7-9-18)31(26)20-12-10-19(27)11-13-20/h5-13H,4,14-15H2,1-3H3,(H,28,32). The van der Waals surface area contributed by atoms with Crippen LogP contribution < -0.4 is 5.32 Å². The van der Waals surface area contributed by atoms with Gasteiger partial charge in [-0.2, -0.15) is 0 Å². The van der Waals surface area contributed by atoms with E-state index in [2.05, 4.69) is 15.5 Å². The van der Waals surface area contributed by atoms with E-state index < -0.39 is 5.97 Å². The number of rotatable bonds is 9. The summed E-state index contributed by atoms with van der Waals surface area (Å²) in [7, 11) is 0. The van der Waals surface area contributed by atoms with Gasteiger partial charge in [0.25, 0.3) is 0 Å². The first-order valence-electron chi connectivity index (χ1n) is 11.3. The average molecular weight is 541 g/mol. The molecule has 0 saturated heterocycles. The predicted octanol–water partition coefficient (Wildman–Crippen LogP) is 6.10. The zero-order valence-electron chi connectivity index (χ0n) is 20.1. The number of hydrogen-bond donors (Lipinski definition) is 1. The zero-order valence-corrected chi connectivity index (χ0v) is 22.5. The van der Waals surface area contributed by atoms with Crippen LogP contribution in [-0.4, -0.2) is 39.0 Å². The molecule has 0 aliphatic heterocycles. The summed E-state index contributed by atoms with van der Waals surface area (Å²) in [4.78, 5) is 26.3. The number of nitrogens with zero attached hydrogens (tertiary/aromatic N) is 3. The first-order chi connectivity index (χ1) is 17.4. The summed E-state index contributed by atoms with van der Waals surface area (Å²) >= 11 is 8.74. The SMILES string of the molecule is CCOC(=O)c1c(NC(=O)CSc2nnc(Cc3ccccc3)n2-c2ccc(Cl)cc2)sc(C)c1C. The van der Waals surface area contributed by atoms with Gasteiger partial charge in [0.05, 0.1) is 17.9 Å². The number of aromatic nitrogens is 3. The number of hydrogen-bond acceptors (Lipinski definition) is 7. The number of carbonyl (C=O) groups is 2. The van der Waals surface area contributed by atoms with Crippen LogP contribution >= 0.6 is 34.7 Å². The number of thioether (sulfide) groups is 1. The van der Waals surface area contributed by atoms with Gasteiger partial charge in [0.15, 0.2) is 5.16 Å². The Morgan fingerprint density at radius 3 is 2.50 bits per heavy atom. The molecule has 0 saturated carbocycles. The molecule has 2 aromatic heterocycles. The fourth-order valence-corrected chi connectivity index (χ4v) is 5.55. The molecule has 2 heterocycles. The molecule has 0 spiro atoms. The third-order valence-corrected chi connectivity index (χ3v) is 7.74. The van der Waals surface area contributed by atoms with E-state index in [-0.39, 0.29) is 18.3 Å². The lowest BCUT2D eigenvalue weighted by Crippen LogP contribution is -2.17. The lowest BCUT2D eigenvalue weighted by Gasteiger charge is -2.11. The molecule has 0 radical (unpaired) electrons. The molecule has 0 aliphatic rings. The number of anilines is 1. The van der Waals surface area contributed by atoms with Crippen LogP contribution in [0.2, 0.25) is 5.02 Å². The second kappa shape index (κ2) is 11.7. The van der Waals surface area contributed by atoms with Gasteiger partial charge in [0.2, 0.25) is 5.91 Å². The number of esters is 1. The van der Waals surface area contributed by atoms with Crippen molar-refractivity contribution in [3.63, 3.8) is 0 Å². The summed E-state index contributed by atoms with van der Waals surface area (Å²) in [5.41, 5.74) is 3.18. The maximum absolute atomic E-state index is 12.9. The van der Waals surface area contributed by atoms with Gasteiger partial charge in [0.1, 0.15) is 10.8 Å². The van der Waals surface area contributed by atoms with E-state index in [0.29, 0.717) is 27.2 Å². The van der Waals surface area contributed by atoms with Gasteiger partial charge in [-0.3, -0.25) is 9.36 Å². The smallest absolute Gasteiger partial charge is 0.341 e. The minimum absolute atomic E-state index is 0.0926.